The molecule has 0 amide bonds. The van der Waals surface area contributed by atoms with Gasteiger partial charge in [-0.1, -0.05) is 65.0 Å². The number of rotatable bonds is 4. The van der Waals surface area contributed by atoms with Crippen LogP contribution < -0.4 is 4.80 Å². The van der Waals surface area contributed by atoms with Crippen molar-refractivity contribution in [3.05, 3.63) is 68.7 Å². The zero-order valence-corrected chi connectivity index (χ0v) is 19.4. The largest absolute Gasteiger partial charge is 0.313 e. The molecule has 3 aromatic rings. The molecule has 1 aliphatic rings. The summed E-state index contributed by atoms with van der Waals surface area (Å²) >= 11 is 4.89. The monoisotopic (exact) mass is 490 g/mol. The van der Waals surface area contributed by atoms with Crippen LogP contribution in [0.1, 0.15) is 43.7 Å². The number of sulfonamides is 1. The molecule has 1 fully saturated rings. The Morgan fingerprint density at radius 1 is 1.00 bits per heavy atom. The number of aromatic nitrogens is 1. The average molecular weight is 491 g/mol. The molecular formula is C22H23BrN2O2S2. The van der Waals surface area contributed by atoms with E-state index in [2.05, 4.69) is 37.0 Å². The second-order valence-electron chi connectivity index (χ2n) is 7.45. The van der Waals surface area contributed by atoms with E-state index in [0.717, 1.165) is 47.0 Å². The first-order valence-electron chi connectivity index (χ1n) is 9.78. The summed E-state index contributed by atoms with van der Waals surface area (Å²) in [6.45, 7) is 1.94. The van der Waals surface area contributed by atoms with Crippen molar-refractivity contribution in [3.8, 4) is 11.3 Å². The lowest BCUT2D eigenvalue weighted by Crippen LogP contribution is -2.25. The first kappa shape index (κ1) is 20.6. The molecule has 0 spiro atoms. The minimum absolute atomic E-state index is 0.233. The van der Waals surface area contributed by atoms with Gasteiger partial charge in [-0.25, -0.2) is 0 Å². The van der Waals surface area contributed by atoms with Gasteiger partial charge < -0.3 is 4.57 Å². The van der Waals surface area contributed by atoms with Gasteiger partial charge in [0.1, 0.15) is 0 Å². The Labute approximate surface area is 184 Å². The van der Waals surface area contributed by atoms with Gasteiger partial charge in [0.15, 0.2) is 0 Å². The molecule has 7 heteroatoms. The zero-order chi connectivity index (χ0) is 20.4. The highest BCUT2D eigenvalue weighted by Crippen LogP contribution is 2.32. The second kappa shape index (κ2) is 8.58. The SMILES string of the molecule is Cc1ccc(S(=O)(=O)N=c2scc(-c3ccc(Br)cc3)n2C2CCCCC2)cc1. The molecule has 4 rings (SSSR count). The second-order valence-corrected chi connectivity index (χ2v) is 10.8. The average Bonchev–Trinajstić information content (AvgIpc) is 3.12. The van der Waals surface area contributed by atoms with Crippen molar-refractivity contribution in [2.24, 2.45) is 4.40 Å². The van der Waals surface area contributed by atoms with Crippen molar-refractivity contribution >= 4 is 37.3 Å². The maximum absolute atomic E-state index is 13.0. The van der Waals surface area contributed by atoms with Crippen LogP contribution in [0.4, 0.5) is 0 Å². The maximum atomic E-state index is 13.0. The van der Waals surface area contributed by atoms with Gasteiger partial charge in [0.25, 0.3) is 10.0 Å². The van der Waals surface area contributed by atoms with Gasteiger partial charge >= 0.3 is 0 Å². The normalized spacial score (nSPS) is 16.3. The fraction of sp³-hybridized carbons (Fsp3) is 0.318. The van der Waals surface area contributed by atoms with Crippen LogP contribution in [0, 0.1) is 6.92 Å². The molecule has 2 aromatic carbocycles. The minimum Gasteiger partial charge on any atom is -0.313 e. The summed E-state index contributed by atoms with van der Waals surface area (Å²) in [6, 6.07) is 15.3. The molecule has 1 heterocycles. The fourth-order valence-electron chi connectivity index (χ4n) is 3.78. The van der Waals surface area contributed by atoms with Crippen molar-refractivity contribution in [1.82, 2.24) is 4.57 Å². The number of aryl methyl sites for hydroxylation is 1. The van der Waals surface area contributed by atoms with Crippen molar-refractivity contribution in [2.75, 3.05) is 0 Å². The summed E-state index contributed by atoms with van der Waals surface area (Å²) in [7, 11) is -3.76. The fourth-order valence-corrected chi connectivity index (χ4v) is 6.21. The van der Waals surface area contributed by atoms with Crippen LogP contribution in [0.25, 0.3) is 11.3 Å². The molecule has 1 aromatic heterocycles. The molecular weight excluding hydrogens is 468 g/mol. The van der Waals surface area contributed by atoms with Crippen LogP contribution in [0.15, 0.2) is 67.7 Å². The van der Waals surface area contributed by atoms with Crippen LogP contribution in [0.5, 0.6) is 0 Å². The van der Waals surface area contributed by atoms with Crippen molar-refractivity contribution in [1.29, 1.82) is 0 Å². The summed E-state index contributed by atoms with van der Waals surface area (Å²) in [6.07, 6.45) is 5.67. The topological polar surface area (TPSA) is 51.4 Å². The summed E-state index contributed by atoms with van der Waals surface area (Å²) in [5.41, 5.74) is 3.13. The summed E-state index contributed by atoms with van der Waals surface area (Å²) in [5, 5.41) is 2.03. The number of nitrogens with zero attached hydrogens (tertiary/aromatic N) is 2. The third-order valence-electron chi connectivity index (χ3n) is 5.34. The first-order chi connectivity index (χ1) is 13.9. The van der Waals surface area contributed by atoms with E-state index in [1.165, 1.54) is 17.8 Å². The number of thiazole rings is 1. The van der Waals surface area contributed by atoms with Gasteiger partial charge in [0.2, 0.25) is 4.80 Å². The third-order valence-corrected chi connectivity index (χ3v) is 8.10. The Morgan fingerprint density at radius 2 is 1.66 bits per heavy atom. The van der Waals surface area contributed by atoms with E-state index in [-0.39, 0.29) is 10.9 Å². The van der Waals surface area contributed by atoms with Crippen LogP contribution in [0.2, 0.25) is 0 Å². The van der Waals surface area contributed by atoms with Crippen LogP contribution in [-0.4, -0.2) is 13.0 Å². The van der Waals surface area contributed by atoms with Gasteiger partial charge in [-0.2, -0.15) is 8.42 Å². The predicted octanol–water partition coefficient (Wildman–Crippen LogP) is 6.08. The lowest BCUT2D eigenvalue weighted by Gasteiger charge is -2.25. The van der Waals surface area contributed by atoms with Gasteiger partial charge in [-0.15, -0.1) is 15.7 Å². The molecule has 0 aliphatic heterocycles. The highest BCUT2D eigenvalue weighted by molar-refractivity contribution is 9.10. The molecule has 152 valence electrons. The molecule has 0 bridgehead atoms. The van der Waals surface area contributed by atoms with E-state index < -0.39 is 10.0 Å². The summed E-state index contributed by atoms with van der Waals surface area (Å²) in [4.78, 5) is 0.785. The number of halogens is 1. The van der Waals surface area contributed by atoms with Crippen LogP contribution in [0.3, 0.4) is 0 Å². The van der Waals surface area contributed by atoms with E-state index in [9.17, 15) is 8.42 Å². The molecule has 0 atom stereocenters. The van der Waals surface area contributed by atoms with Crippen molar-refractivity contribution in [2.45, 2.75) is 50.0 Å². The van der Waals surface area contributed by atoms with E-state index >= 15 is 0 Å². The van der Waals surface area contributed by atoms with Gasteiger partial charge in [0.05, 0.1) is 10.6 Å². The molecule has 4 nitrogen and oxygen atoms in total. The van der Waals surface area contributed by atoms with Crippen molar-refractivity contribution < 1.29 is 8.42 Å². The molecule has 1 saturated carbocycles. The van der Waals surface area contributed by atoms with Gasteiger partial charge in [-0.3, -0.25) is 0 Å². The lowest BCUT2D eigenvalue weighted by molar-refractivity contribution is 0.351. The van der Waals surface area contributed by atoms with E-state index in [4.69, 9.17) is 0 Å². The number of hydrogen-bond acceptors (Lipinski definition) is 3. The molecule has 0 saturated heterocycles. The van der Waals surface area contributed by atoms with Crippen LogP contribution >= 0.6 is 27.3 Å². The summed E-state index contributed by atoms with van der Waals surface area (Å²) < 4.78 is 33.4. The quantitative estimate of drug-likeness (QED) is 0.444. The minimum atomic E-state index is -3.76. The first-order valence-corrected chi connectivity index (χ1v) is 12.9. The highest BCUT2D eigenvalue weighted by atomic mass is 79.9. The third kappa shape index (κ3) is 4.57. The molecule has 29 heavy (non-hydrogen) atoms. The zero-order valence-electron chi connectivity index (χ0n) is 16.2. The molecule has 0 unspecified atom stereocenters. The summed E-state index contributed by atoms with van der Waals surface area (Å²) in [5.74, 6) is 0. The molecule has 0 N–H and O–H groups in total. The predicted molar refractivity (Wildman–Crippen MR) is 121 cm³/mol. The Hall–Kier alpha value is -1.70. The van der Waals surface area contributed by atoms with Crippen molar-refractivity contribution in [3.63, 3.8) is 0 Å². The Morgan fingerprint density at radius 3 is 2.31 bits per heavy atom. The van der Waals surface area contributed by atoms with Crippen LogP contribution in [-0.2, 0) is 10.0 Å². The molecule has 1 aliphatic carbocycles. The Bertz CT molecular complexity index is 1150. The molecule has 0 radical (unpaired) electrons. The van der Waals surface area contributed by atoms with Gasteiger partial charge in [0, 0.05) is 15.9 Å². The van der Waals surface area contributed by atoms with E-state index in [1.54, 1.807) is 24.3 Å². The maximum Gasteiger partial charge on any atom is 0.285 e. The Balaban J connectivity index is 1.85. The van der Waals surface area contributed by atoms with E-state index in [1.807, 2.05) is 24.4 Å². The smallest absolute Gasteiger partial charge is 0.285 e. The highest BCUT2D eigenvalue weighted by Gasteiger charge is 2.22. The standard InChI is InChI=1S/C22H23BrN2O2S2/c1-16-7-13-20(14-8-16)29(26,27)24-22-25(19-5-3-2-4-6-19)21(15-28-22)17-9-11-18(23)12-10-17/h7-15,19H,2-6H2,1H3. The number of hydrogen-bond donors (Lipinski definition) is 0. The van der Waals surface area contributed by atoms with E-state index in [0.29, 0.717) is 4.80 Å². The van der Waals surface area contributed by atoms with Gasteiger partial charge in [-0.05, 0) is 49.6 Å². The lowest BCUT2D eigenvalue weighted by atomic mass is 9.95. The Kier molecular flexibility index (Phi) is 6.08. The number of benzene rings is 2.